The van der Waals surface area contributed by atoms with Crippen LogP contribution in [0.1, 0.15) is 53.9 Å². The third-order valence-corrected chi connectivity index (χ3v) is 3.05. The molecule has 1 fully saturated rings. The van der Waals surface area contributed by atoms with Crippen LogP contribution in [0.5, 0.6) is 0 Å². The lowest BCUT2D eigenvalue weighted by Crippen LogP contribution is -2.47. The first-order valence-corrected chi connectivity index (χ1v) is 6.89. The standard InChI is InChI=1S/C14H27NO4/c1-10(16)17-13(2,3)9-12-8-11(6-7-15)18-14(4,5)19-12/h11-12H,6-9,15H2,1-5H3/t11-,12-/m1/s1. The van der Waals surface area contributed by atoms with Crippen molar-refractivity contribution in [1.82, 2.24) is 0 Å². The van der Waals surface area contributed by atoms with Gasteiger partial charge in [-0.25, -0.2) is 0 Å². The highest BCUT2D eigenvalue weighted by atomic mass is 16.7. The van der Waals surface area contributed by atoms with Crippen molar-refractivity contribution in [3.8, 4) is 0 Å². The molecule has 1 rings (SSSR count). The van der Waals surface area contributed by atoms with Crippen molar-refractivity contribution in [3.63, 3.8) is 0 Å². The number of rotatable bonds is 5. The molecule has 0 saturated carbocycles. The topological polar surface area (TPSA) is 70.8 Å². The molecule has 1 aliphatic heterocycles. The summed E-state index contributed by atoms with van der Waals surface area (Å²) in [5.74, 6) is -0.885. The Bertz CT molecular complexity index is 315. The highest BCUT2D eigenvalue weighted by molar-refractivity contribution is 5.66. The fraction of sp³-hybridized carbons (Fsp3) is 0.929. The van der Waals surface area contributed by atoms with Gasteiger partial charge in [-0.3, -0.25) is 4.79 Å². The molecule has 0 aromatic heterocycles. The second-order valence-corrected chi connectivity index (χ2v) is 6.25. The van der Waals surface area contributed by atoms with Crippen molar-refractivity contribution in [3.05, 3.63) is 0 Å². The molecule has 0 aromatic rings. The molecule has 0 bridgehead atoms. The fourth-order valence-corrected chi connectivity index (χ4v) is 2.69. The Hall–Kier alpha value is -0.650. The molecule has 0 aromatic carbocycles. The number of hydrogen-bond donors (Lipinski definition) is 1. The van der Waals surface area contributed by atoms with Gasteiger partial charge >= 0.3 is 5.97 Å². The fourth-order valence-electron chi connectivity index (χ4n) is 2.69. The van der Waals surface area contributed by atoms with E-state index in [2.05, 4.69) is 0 Å². The monoisotopic (exact) mass is 273 g/mol. The zero-order valence-corrected chi connectivity index (χ0v) is 12.7. The zero-order chi connectivity index (χ0) is 14.7. The number of carbonyl (C=O) groups excluding carboxylic acids is 1. The summed E-state index contributed by atoms with van der Waals surface area (Å²) in [6, 6.07) is 0. The molecule has 1 heterocycles. The van der Waals surface area contributed by atoms with Crippen LogP contribution in [0.25, 0.3) is 0 Å². The molecule has 1 aliphatic rings. The van der Waals surface area contributed by atoms with Crippen molar-refractivity contribution in [2.75, 3.05) is 6.54 Å². The van der Waals surface area contributed by atoms with E-state index in [9.17, 15) is 4.79 Å². The summed E-state index contributed by atoms with van der Waals surface area (Å²) < 4.78 is 17.1. The SMILES string of the molecule is CC(=O)OC(C)(C)C[C@H]1C[C@@H](CCN)OC(C)(C)O1. The highest BCUT2D eigenvalue weighted by Gasteiger charge is 2.38. The summed E-state index contributed by atoms with van der Waals surface area (Å²) in [5, 5.41) is 0. The average Bonchev–Trinajstić information content (AvgIpc) is 2.10. The lowest BCUT2D eigenvalue weighted by Gasteiger charge is -2.42. The Morgan fingerprint density at radius 2 is 1.95 bits per heavy atom. The minimum Gasteiger partial charge on any atom is -0.460 e. The number of nitrogens with two attached hydrogens (primary N) is 1. The van der Waals surface area contributed by atoms with Gasteiger partial charge in [0.25, 0.3) is 0 Å². The lowest BCUT2D eigenvalue weighted by molar-refractivity contribution is -0.305. The van der Waals surface area contributed by atoms with Crippen LogP contribution in [0.4, 0.5) is 0 Å². The van der Waals surface area contributed by atoms with Crippen LogP contribution in [0, 0.1) is 0 Å². The quantitative estimate of drug-likeness (QED) is 0.775. The maximum Gasteiger partial charge on any atom is 0.303 e. The molecular formula is C14H27NO4. The third-order valence-electron chi connectivity index (χ3n) is 3.05. The maximum absolute atomic E-state index is 11.1. The molecule has 5 nitrogen and oxygen atoms in total. The zero-order valence-electron chi connectivity index (χ0n) is 12.7. The second kappa shape index (κ2) is 6.20. The number of esters is 1. The Morgan fingerprint density at radius 1 is 1.37 bits per heavy atom. The van der Waals surface area contributed by atoms with Crippen molar-refractivity contribution < 1.29 is 19.0 Å². The van der Waals surface area contributed by atoms with E-state index in [0.717, 1.165) is 12.8 Å². The van der Waals surface area contributed by atoms with E-state index in [1.807, 2.05) is 27.7 Å². The van der Waals surface area contributed by atoms with Gasteiger partial charge in [-0.1, -0.05) is 0 Å². The molecule has 5 heteroatoms. The molecule has 0 spiro atoms. The van der Waals surface area contributed by atoms with Crippen molar-refractivity contribution >= 4 is 5.97 Å². The van der Waals surface area contributed by atoms with Crippen LogP contribution in [0.3, 0.4) is 0 Å². The molecule has 0 aliphatic carbocycles. The Labute approximate surface area is 115 Å². The van der Waals surface area contributed by atoms with Gasteiger partial charge in [-0.2, -0.15) is 0 Å². The van der Waals surface area contributed by atoms with E-state index in [4.69, 9.17) is 19.9 Å². The van der Waals surface area contributed by atoms with E-state index >= 15 is 0 Å². The lowest BCUT2D eigenvalue weighted by atomic mass is 9.94. The summed E-state index contributed by atoms with van der Waals surface area (Å²) in [6.07, 6.45) is 2.37. The summed E-state index contributed by atoms with van der Waals surface area (Å²) in [5.41, 5.74) is 5.07. The predicted octanol–water partition coefficient (Wildman–Crippen LogP) is 1.98. The molecule has 1 saturated heterocycles. The summed E-state index contributed by atoms with van der Waals surface area (Å²) in [4.78, 5) is 11.1. The molecular weight excluding hydrogens is 246 g/mol. The van der Waals surface area contributed by atoms with Gasteiger partial charge in [-0.15, -0.1) is 0 Å². The summed E-state index contributed by atoms with van der Waals surface area (Å²) >= 11 is 0. The first kappa shape index (κ1) is 16.4. The van der Waals surface area contributed by atoms with Gasteiger partial charge in [0, 0.05) is 19.8 Å². The molecule has 0 unspecified atom stereocenters. The van der Waals surface area contributed by atoms with Crippen molar-refractivity contribution in [1.29, 1.82) is 0 Å². The van der Waals surface area contributed by atoms with Crippen LogP contribution < -0.4 is 5.73 Å². The normalized spacial score (nSPS) is 27.1. The number of hydrogen-bond acceptors (Lipinski definition) is 5. The van der Waals surface area contributed by atoms with Crippen molar-refractivity contribution in [2.45, 2.75) is 77.5 Å². The van der Waals surface area contributed by atoms with Gasteiger partial charge < -0.3 is 19.9 Å². The van der Waals surface area contributed by atoms with Gasteiger partial charge in [-0.05, 0) is 40.7 Å². The van der Waals surface area contributed by atoms with E-state index < -0.39 is 11.4 Å². The number of carbonyl (C=O) groups is 1. The van der Waals surface area contributed by atoms with Gasteiger partial charge in [0.1, 0.15) is 5.60 Å². The number of ether oxygens (including phenoxy) is 3. The largest absolute Gasteiger partial charge is 0.460 e. The first-order chi connectivity index (χ1) is 8.63. The Balaban J connectivity index is 2.63. The van der Waals surface area contributed by atoms with E-state index in [0.29, 0.717) is 13.0 Å². The van der Waals surface area contributed by atoms with Gasteiger partial charge in [0.2, 0.25) is 0 Å². The summed E-state index contributed by atoms with van der Waals surface area (Å²) in [7, 11) is 0. The molecule has 19 heavy (non-hydrogen) atoms. The van der Waals surface area contributed by atoms with Crippen LogP contribution in [0.2, 0.25) is 0 Å². The molecule has 2 N–H and O–H groups in total. The molecule has 0 amide bonds. The molecule has 2 atom stereocenters. The van der Waals surface area contributed by atoms with Crippen LogP contribution >= 0.6 is 0 Å². The average molecular weight is 273 g/mol. The molecule has 112 valence electrons. The van der Waals surface area contributed by atoms with E-state index in [-0.39, 0.29) is 18.2 Å². The predicted molar refractivity (Wildman–Crippen MR) is 72.6 cm³/mol. The highest BCUT2D eigenvalue weighted by Crippen LogP contribution is 2.32. The van der Waals surface area contributed by atoms with Crippen LogP contribution in [-0.2, 0) is 19.0 Å². The smallest absolute Gasteiger partial charge is 0.303 e. The maximum atomic E-state index is 11.1. The Kier molecular flexibility index (Phi) is 5.35. The third kappa shape index (κ3) is 5.89. The minimum absolute atomic E-state index is 0.00894. The summed E-state index contributed by atoms with van der Waals surface area (Å²) in [6.45, 7) is 9.63. The first-order valence-electron chi connectivity index (χ1n) is 6.89. The van der Waals surface area contributed by atoms with Crippen LogP contribution in [0.15, 0.2) is 0 Å². The van der Waals surface area contributed by atoms with Crippen LogP contribution in [-0.4, -0.2) is 36.1 Å². The Morgan fingerprint density at radius 3 is 2.47 bits per heavy atom. The van der Waals surface area contributed by atoms with Gasteiger partial charge in [0.05, 0.1) is 12.2 Å². The van der Waals surface area contributed by atoms with E-state index in [1.54, 1.807) is 0 Å². The molecule has 0 radical (unpaired) electrons. The van der Waals surface area contributed by atoms with Crippen molar-refractivity contribution in [2.24, 2.45) is 5.73 Å². The van der Waals surface area contributed by atoms with E-state index in [1.165, 1.54) is 6.92 Å². The van der Waals surface area contributed by atoms with Gasteiger partial charge in [0.15, 0.2) is 5.79 Å². The second-order valence-electron chi connectivity index (χ2n) is 6.25. The minimum atomic E-state index is -0.616.